The topological polar surface area (TPSA) is 92.2 Å². The van der Waals surface area contributed by atoms with Crippen LogP contribution < -0.4 is 4.74 Å². The van der Waals surface area contributed by atoms with Gasteiger partial charge in [0.1, 0.15) is 11.5 Å². The van der Waals surface area contributed by atoms with Crippen LogP contribution in [0.5, 0.6) is 5.75 Å². The Kier molecular flexibility index (Phi) is 7.05. The summed E-state index contributed by atoms with van der Waals surface area (Å²) in [5.41, 5.74) is 1.27. The van der Waals surface area contributed by atoms with Crippen LogP contribution in [0.4, 0.5) is 0 Å². The average molecular weight is 452 g/mol. The SMILES string of the molecule is CC(C)Oc1ccc(C(O)=C2C(=O)C(=O)N(CCN3CCOCC3)C2c2ccncc2)cc1. The summed E-state index contributed by atoms with van der Waals surface area (Å²) in [7, 11) is 0. The zero-order valence-corrected chi connectivity index (χ0v) is 18.9. The number of rotatable bonds is 7. The molecule has 4 rings (SSSR count). The number of aromatic nitrogens is 1. The Morgan fingerprint density at radius 1 is 1.09 bits per heavy atom. The molecule has 2 aliphatic rings. The average Bonchev–Trinajstić information content (AvgIpc) is 3.08. The van der Waals surface area contributed by atoms with E-state index in [1.54, 1.807) is 53.7 Å². The zero-order valence-electron chi connectivity index (χ0n) is 18.9. The third kappa shape index (κ3) is 5.07. The highest BCUT2D eigenvalue weighted by Gasteiger charge is 2.46. The number of aliphatic hydroxyl groups excluding tert-OH is 1. The maximum Gasteiger partial charge on any atom is 0.295 e. The maximum atomic E-state index is 13.1. The molecule has 8 heteroatoms. The molecule has 1 aromatic carbocycles. The second kappa shape index (κ2) is 10.1. The third-order valence-electron chi connectivity index (χ3n) is 5.82. The Morgan fingerprint density at radius 2 is 1.76 bits per heavy atom. The largest absolute Gasteiger partial charge is 0.507 e. The summed E-state index contributed by atoms with van der Waals surface area (Å²) in [4.78, 5) is 33.9. The van der Waals surface area contributed by atoms with Crippen molar-refractivity contribution in [1.29, 1.82) is 0 Å². The number of hydrogen-bond donors (Lipinski definition) is 1. The first kappa shape index (κ1) is 22.9. The van der Waals surface area contributed by atoms with Gasteiger partial charge in [0.15, 0.2) is 0 Å². The van der Waals surface area contributed by atoms with Gasteiger partial charge in [0, 0.05) is 44.1 Å². The Hall–Kier alpha value is -3.23. The van der Waals surface area contributed by atoms with E-state index in [0.29, 0.717) is 37.6 Å². The minimum absolute atomic E-state index is 0.0212. The van der Waals surface area contributed by atoms with Gasteiger partial charge in [-0.2, -0.15) is 0 Å². The number of nitrogens with zero attached hydrogens (tertiary/aromatic N) is 3. The van der Waals surface area contributed by atoms with Gasteiger partial charge >= 0.3 is 0 Å². The molecule has 2 aromatic rings. The van der Waals surface area contributed by atoms with Gasteiger partial charge < -0.3 is 19.5 Å². The summed E-state index contributed by atoms with van der Waals surface area (Å²) >= 11 is 0. The van der Waals surface area contributed by atoms with E-state index >= 15 is 0 Å². The predicted octanol–water partition coefficient (Wildman–Crippen LogP) is 2.62. The van der Waals surface area contributed by atoms with Gasteiger partial charge in [-0.1, -0.05) is 0 Å². The lowest BCUT2D eigenvalue weighted by Crippen LogP contribution is -2.42. The van der Waals surface area contributed by atoms with Crippen molar-refractivity contribution in [2.45, 2.75) is 26.0 Å². The molecule has 0 saturated carbocycles. The highest BCUT2D eigenvalue weighted by molar-refractivity contribution is 6.46. The van der Waals surface area contributed by atoms with E-state index in [1.807, 2.05) is 13.8 Å². The number of likely N-dealkylation sites (tertiary alicyclic amines) is 1. The van der Waals surface area contributed by atoms with E-state index < -0.39 is 17.7 Å². The first-order chi connectivity index (χ1) is 16.0. The molecule has 1 amide bonds. The number of carbonyl (C=O) groups excluding carboxylic acids is 2. The van der Waals surface area contributed by atoms with Crippen LogP contribution >= 0.6 is 0 Å². The first-order valence-electron chi connectivity index (χ1n) is 11.2. The summed E-state index contributed by atoms with van der Waals surface area (Å²) in [6.45, 7) is 7.74. The minimum Gasteiger partial charge on any atom is -0.507 e. The number of hydrogen-bond acceptors (Lipinski definition) is 7. The van der Waals surface area contributed by atoms with Crippen molar-refractivity contribution >= 4 is 17.4 Å². The van der Waals surface area contributed by atoms with Crippen LogP contribution in [0.1, 0.15) is 31.0 Å². The fourth-order valence-corrected chi connectivity index (χ4v) is 4.20. The van der Waals surface area contributed by atoms with Gasteiger partial charge in [0.05, 0.1) is 30.9 Å². The number of amides is 1. The number of morpholine rings is 1. The van der Waals surface area contributed by atoms with Gasteiger partial charge in [-0.05, 0) is 55.8 Å². The van der Waals surface area contributed by atoms with Gasteiger partial charge in [-0.25, -0.2) is 0 Å². The lowest BCUT2D eigenvalue weighted by atomic mass is 9.96. The number of Topliss-reactive ketones (excluding diaryl/α,β-unsaturated/α-hetero) is 1. The van der Waals surface area contributed by atoms with E-state index in [1.165, 1.54) is 0 Å². The van der Waals surface area contributed by atoms with Crippen LogP contribution in [-0.2, 0) is 14.3 Å². The Balaban J connectivity index is 1.67. The number of ether oxygens (including phenoxy) is 2. The van der Waals surface area contributed by atoms with Crippen molar-refractivity contribution in [3.63, 3.8) is 0 Å². The molecular formula is C25H29N3O5. The molecule has 8 nitrogen and oxygen atoms in total. The summed E-state index contributed by atoms with van der Waals surface area (Å²) < 4.78 is 11.1. The third-order valence-corrected chi connectivity index (χ3v) is 5.82. The first-order valence-corrected chi connectivity index (χ1v) is 11.2. The number of benzene rings is 1. The van der Waals surface area contributed by atoms with Gasteiger partial charge in [-0.3, -0.25) is 19.5 Å². The van der Waals surface area contributed by atoms with Crippen molar-refractivity contribution in [3.05, 3.63) is 65.5 Å². The monoisotopic (exact) mass is 451 g/mol. The molecule has 2 fully saturated rings. The lowest BCUT2D eigenvalue weighted by molar-refractivity contribution is -0.140. The zero-order chi connectivity index (χ0) is 23.4. The highest BCUT2D eigenvalue weighted by atomic mass is 16.5. The Bertz CT molecular complexity index is 1010. The van der Waals surface area contributed by atoms with E-state index in [9.17, 15) is 14.7 Å². The Morgan fingerprint density at radius 3 is 2.39 bits per heavy atom. The van der Waals surface area contributed by atoms with Crippen LogP contribution in [0.15, 0.2) is 54.4 Å². The molecule has 0 radical (unpaired) electrons. The summed E-state index contributed by atoms with van der Waals surface area (Å²) in [5, 5.41) is 11.1. The summed E-state index contributed by atoms with van der Waals surface area (Å²) in [5.74, 6) is -0.816. The smallest absolute Gasteiger partial charge is 0.295 e. The summed E-state index contributed by atoms with van der Waals surface area (Å²) in [6.07, 6.45) is 3.26. The maximum absolute atomic E-state index is 13.1. The molecule has 3 heterocycles. The van der Waals surface area contributed by atoms with Gasteiger partial charge in [-0.15, -0.1) is 0 Å². The molecule has 2 saturated heterocycles. The lowest BCUT2D eigenvalue weighted by Gasteiger charge is -2.31. The molecule has 0 bridgehead atoms. The number of carbonyl (C=O) groups is 2. The molecule has 1 N–H and O–H groups in total. The molecule has 0 aliphatic carbocycles. The van der Waals surface area contributed by atoms with Crippen molar-refractivity contribution < 1.29 is 24.2 Å². The van der Waals surface area contributed by atoms with Crippen molar-refractivity contribution in [2.24, 2.45) is 0 Å². The van der Waals surface area contributed by atoms with Crippen molar-refractivity contribution in [1.82, 2.24) is 14.8 Å². The molecule has 33 heavy (non-hydrogen) atoms. The van der Waals surface area contributed by atoms with E-state index in [0.717, 1.165) is 18.7 Å². The second-order valence-corrected chi connectivity index (χ2v) is 8.42. The fraction of sp³-hybridized carbons (Fsp3) is 0.400. The normalized spacial score (nSPS) is 21.1. The fourth-order valence-electron chi connectivity index (χ4n) is 4.20. The predicted molar refractivity (Wildman–Crippen MR) is 123 cm³/mol. The van der Waals surface area contributed by atoms with Crippen LogP contribution in [0.2, 0.25) is 0 Å². The number of aliphatic hydroxyl groups is 1. The van der Waals surface area contributed by atoms with Gasteiger partial charge in [0.25, 0.3) is 11.7 Å². The van der Waals surface area contributed by atoms with Crippen molar-refractivity contribution in [2.75, 3.05) is 39.4 Å². The van der Waals surface area contributed by atoms with E-state index in [4.69, 9.17) is 9.47 Å². The number of pyridine rings is 1. The second-order valence-electron chi connectivity index (χ2n) is 8.42. The van der Waals surface area contributed by atoms with Crippen molar-refractivity contribution in [3.8, 4) is 5.75 Å². The molecule has 174 valence electrons. The number of ketones is 1. The molecule has 2 aliphatic heterocycles. The highest BCUT2D eigenvalue weighted by Crippen LogP contribution is 2.39. The molecule has 1 aromatic heterocycles. The van der Waals surface area contributed by atoms with Crippen LogP contribution in [-0.4, -0.2) is 77.1 Å². The van der Waals surface area contributed by atoms with E-state index in [2.05, 4.69) is 9.88 Å². The standard InChI is InChI=1S/C25H29N3O5/c1-17(2)33-20-5-3-19(4-6-20)23(29)21-22(18-7-9-26-10-8-18)28(25(31)24(21)30)12-11-27-13-15-32-16-14-27/h3-10,17,22,29H,11-16H2,1-2H3. The molecule has 1 unspecified atom stereocenters. The quantitative estimate of drug-likeness (QED) is 0.393. The molecule has 0 spiro atoms. The van der Waals surface area contributed by atoms with Crippen LogP contribution in [0.25, 0.3) is 5.76 Å². The van der Waals surface area contributed by atoms with Crippen LogP contribution in [0.3, 0.4) is 0 Å². The molecular weight excluding hydrogens is 422 g/mol. The minimum atomic E-state index is -0.682. The Labute approximate surface area is 193 Å². The van der Waals surface area contributed by atoms with Gasteiger partial charge in [0.2, 0.25) is 0 Å². The van der Waals surface area contributed by atoms with Crippen LogP contribution in [0, 0.1) is 0 Å². The molecule has 1 atom stereocenters. The van der Waals surface area contributed by atoms with E-state index in [-0.39, 0.29) is 17.4 Å². The summed E-state index contributed by atoms with van der Waals surface area (Å²) in [6, 6.07) is 9.72.